The number of carbonyl (C=O) groups excluding carboxylic acids is 1. The quantitative estimate of drug-likeness (QED) is 0.751. The third kappa shape index (κ3) is 3.88. The molecule has 0 aliphatic carbocycles. The lowest BCUT2D eigenvalue weighted by molar-refractivity contribution is 0.0146. The average molecular weight is 381 g/mol. The first-order chi connectivity index (χ1) is 12.0. The second kappa shape index (κ2) is 6.53. The number of benzene rings is 1. The molecule has 144 valence electrons. The molecule has 0 N–H and O–H groups in total. The Morgan fingerprint density at radius 2 is 1.77 bits per heavy atom. The van der Waals surface area contributed by atoms with Crippen LogP contribution in [0.25, 0.3) is 0 Å². The fourth-order valence-electron chi connectivity index (χ4n) is 3.95. The molecule has 0 bridgehead atoms. The molecule has 1 aromatic rings. The van der Waals surface area contributed by atoms with Gasteiger partial charge in [-0.25, -0.2) is 13.2 Å². The summed E-state index contributed by atoms with van der Waals surface area (Å²) >= 11 is 0. The van der Waals surface area contributed by atoms with Gasteiger partial charge in [0.25, 0.3) is 0 Å². The number of hydrogen-bond donors (Lipinski definition) is 0. The Bertz CT molecular complexity index is 790. The van der Waals surface area contributed by atoms with Gasteiger partial charge in [0.05, 0.1) is 6.26 Å². The van der Waals surface area contributed by atoms with Crippen molar-refractivity contribution in [2.45, 2.75) is 51.2 Å². The summed E-state index contributed by atoms with van der Waals surface area (Å²) in [7, 11) is -3.27. The summed E-state index contributed by atoms with van der Waals surface area (Å²) < 4.78 is 31.4. The molecule has 1 fully saturated rings. The maximum absolute atomic E-state index is 12.4. The first kappa shape index (κ1) is 19.2. The predicted octanol–water partition coefficient (Wildman–Crippen LogP) is 2.73. The highest BCUT2D eigenvalue weighted by Gasteiger charge is 2.44. The summed E-state index contributed by atoms with van der Waals surface area (Å²) in [6.45, 7) is 7.62. The fourth-order valence-corrected chi connectivity index (χ4v) is 4.81. The lowest BCUT2D eigenvalue weighted by Crippen LogP contribution is -2.54. The summed E-state index contributed by atoms with van der Waals surface area (Å²) in [6.07, 6.45) is 2.44. The molecule has 3 rings (SSSR count). The Labute approximate surface area is 156 Å². The van der Waals surface area contributed by atoms with Gasteiger partial charge in [0.1, 0.15) is 5.60 Å². The molecule has 0 atom stereocenters. The minimum Gasteiger partial charge on any atom is -0.444 e. The van der Waals surface area contributed by atoms with Gasteiger partial charge in [0.15, 0.2) is 0 Å². The Kier molecular flexibility index (Phi) is 4.82. The van der Waals surface area contributed by atoms with E-state index in [1.807, 2.05) is 39.0 Å². The van der Waals surface area contributed by atoms with Gasteiger partial charge in [-0.15, -0.1) is 0 Å². The van der Waals surface area contributed by atoms with E-state index in [9.17, 15) is 13.2 Å². The van der Waals surface area contributed by atoms with Crippen molar-refractivity contribution in [1.82, 2.24) is 9.21 Å². The Hall–Kier alpha value is -1.60. The lowest BCUT2D eigenvalue weighted by Gasteiger charge is -2.48. The minimum absolute atomic E-state index is 0.240. The average Bonchev–Trinajstić information content (AvgIpc) is 2.53. The van der Waals surface area contributed by atoms with Crippen LogP contribution in [0.4, 0.5) is 4.79 Å². The topological polar surface area (TPSA) is 66.9 Å². The van der Waals surface area contributed by atoms with E-state index < -0.39 is 15.6 Å². The van der Waals surface area contributed by atoms with Gasteiger partial charge in [-0.3, -0.25) is 0 Å². The van der Waals surface area contributed by atoms with E-state index in [4.69, 9.17) is 4.74 Å². The van der Waals surface area contributed by atoms with Crippen molar-refractivity contribution in [1.29, 1.82) is 0 Å². The SMILES string of the molecule is CC(C)(C)OC(=O)N1CCC2(CC1)CN(S(C)(=O)=O)Cc1ccccc12. The van der Waals surface area contributed by atoms with Gasteiger partial charge in [0, 0.05) is 31.6 Å². The van der Waals surface area contributed by atoms with E-state index in [0.29, 0.717) is 26.2 Å². The molecule has 1 amide bonds. The first-order valence-electron chi connectivity index (χ1n) is 9.02. The lowest BCUT2D eigenvalue weighted by atomic mass is 9.69. The molecule has 26 heavy (non-hydrogen) atoms. The summed E-state index contributed by atoms with van der Waals surface area (Å²) in [5, 5.41) is 0. The molecule has 1 saturated heterocycles. The Balaban J connectivity index is 1.83. The van der Waals surface area contributed by atoms with E-state index in [1.165, 1.54) is 11.8 Å². The molecule has 0 radical (unpaired) electrons. The monoisotopic (exact) mass is 380 g/mol. The zero-order chi connectivity index (χ0) is 19.2. The van der Waals surface area contributed by atoms with E-state index in [-0.39, 0.29) is 11.5 Å². The molecule has 7 heteroatoms. The molecular weight excluding hydrogens is 352 g/mol. The molecule has 1 spiro atoms. The number of hydrogen-bond acceptors (Lipinski definition) is 4. The minimum atomic E-state index is -3.27. The number of ether oxygens (including phenoxy) is 1. The summed E-state index contributed by atoms with van der Waals surface area (Å²) in [5.41, 5.74) is 1.53. The number of piperidine rings is 1. The van der Waals surface area contributed by atoms with E-state index in [2.05, 4.69) is 6.07 Å². The summed E-state index contributed by atoms with van der Waals surface area (Å²) in [6, 6.07) is 8.08. The second-order valence-corrected chi connectivity index (χ2v) is 10.4. The van der Waals surface area contributed by atoms with E-state index in [0.717, 1.165) is 18.4 Å². The van der Waals surface area contributed by atoms with Crippen molar-refractivity contribution >= 4 is 16.1 Å². The summed E-state index contributed by atoms with van der Waals surface area (Å²) in [5.74, 6) is 0. The third-order valence-electron chi connectivity index (χ3n) is 5.26. The number of sulfonamides is 1. The van der Waals surface area contributed by atoms with Crippen LogP contribution in [0, 0.1) is 0 Å². The van der Waals surface area contributed by atoms with Crippen LogP contribution in [-0.2, 0) is 26.7 Å². The molecule has 0 aromatic heterocycles. The highest BCUT2D eigenvalue weighted by atomic mass is 32.2. The summed E-state index contributed by atoms with van der Waals surface area (Å²) in [4.78, 5) is 14.1. The van der Waals surface area contributed by atoms with E-state index >= 15 is 0 Å². The maximum atomic E-state index is 12.4. The maximum Gasteiger partial charge on any atom is 0.410 e. The molecule has 0 saturated carbocycles. The van der Waals surface area contributed by atoms with Gasteiger partial charge in [0.2, 0.25) is 10.0 Å². The second-order valence-electron chi connectivity index (χ2n) is 8.44. The van der Waals surface area contributed by atoms with Crippen LogP contribution in [0.5, 0.6) is 0 Å². The number of fused-ring (bicyclic) bond motifs is 2. The van der Waals surface area contributed by atoms with Gasteiger partial charge < -0.3 is 9.64 Å². The molecule has 0 unspecified atom stereocenters. The highest BCUT2D eigenvalue weighted by Crippen LogP contribution is 2.42. The van der Waals surface area contributed by atoms with Crippen LogP contribution in [-0.4, -0.2) is 55.2 Å². The van der Waals surface area contributed by atoms with Crippen molar-refractivity contribution < 1.29 is 17.9 Å². The standard InChI is InChI=1S/C19H28N2O4S/c1-18(2,3)25-17(22)20-11-9-19(10-12-20)14-21(26(4,23)24)13-15-7-5-6-8-16(15)19/h5-8H,9-14H2,1-4H3. The number of carbonyl (C=O) groups is 1. The first-order valence-corrected chi connectivity index (χ1v) is 10.9. The van der Waals surface area contributed by atoms with Crippen LogP contribution in [0.3, 0.4) is 0 Å². The fraction of sp³-hybridized carbons (Fsp3) is 0.632. The number of likely N-dealkylation sites (tertiary alicyclic amines) is 1. The number of amides is 1. The van der Waals surface area contributed by atoms with Crippen molar-refractivity contribution in [3.05, 3.63) is 35.4 Å². The molecule has 2 aliphatic rings. The molecule has 1 aromatic carbocycles. The van der Waals surface area contributed by atoms with Crippen molar-refractivity contribution in [3.8, 4) is 0 Å². The van der Waals surface area contributed by atoms with Crippen molar-refractivity contribution in [3.63, 3.8) is 0 Å². The number of nitrogens with zero attached hydrogens (tertiary/aromatic N) is 2. The van der Waals surface area contributed by atoms with Crippen LogP contribution in [0.15, 0.2) is 24.3 Å². The van der Waals surface area contributed by atoms with Crippen LogP contribution < -0.4 is 0 Å². The van der Waals surface area contributed by atoms with Gasteiger partial charge in [-0.1, -0.05) is 24.3 Å². The predicted molar refractivity (Wildman–Crippen MR) is 100 cm³/mol. The Morgan fingerprint density at radius 3 is 2.35 bits per heavy atom. The Morgan fingerprint density at radius 1 is 1.15 bits per heavy atom. The smallest absolute Gasteiger partial charge is 0.410 e. The third-order valence-corrected chi connectivity index (χ3v) is 6.45. The van der Waals surface area contributed by atoms with Gasteiger partial charge in [-0.2, -0.15) is 4.31 Å². The van der Waals surface area contributed by atoms with Crippen LogP contribution >= 0.6 is 0 Å². The zero-order valence-electron chi connectivity index (χ0n) is 16.0. The van der Waals surface area contributed by atoms with Crippen molar-refractivity contribution in [2.75, 3.05) is 25.9 Å². The van der Waals surface area contributed by atoms with Crippen molar-refractivity contribution in [2.24, 2.45) is 0 Å². The molecule has 2 heterocycles. The van der Waals surface area contributed by atoms with Crippen LogP contribution in [0.1, 0.15) is 44.7 Å². The molecule has 2 aliphatic heterocycles. The normalized spacial score (nSPS) is 20.7. The zero-order valence-corrected chi connectivity index (χ0v) is 16.8. The molecular formula is C19H28N2O4S. The number of rotatable bonds is 1. The van der Waals surface area contributed by atoms with Gasteiger partial charge in [-0.05, 0) is 44.7 Å². The largest absolute Gasteiger partial charge is 0.444 e. The molecule has 6 nitrogen and oxygen atoms in total. The van der Waals surface area contributed by atoms with E-state index in [1.54, 1.807) is 9.21 Å². The highest BCUT2D eigenvalue weighted by molar-refractivity contribution is 7.88. The van der Waals surface area contributed by atoms with Gasteiger partial charge >= 0.3 is 6.09 Å². The van der Waals surface area contributed by atoms with Crippen LogP contribution in [0.2, 0.25) is 0 Å².